The lowest BCUT2D eigenvalue weighted by atomic mass is 10.2. The predicted molar refractivity (Wildman–Crippen MR) is 235 cm³/mol. The second-order valence-corrected chi connectivity index (χ2v) is 19.4. The molecule has 0 fully saturated rings. The fraction of sp³-hybridized carbons (Fsp3) is 0.596. The van der Waals surface area contributed by atoms with E-state index in [9.17, 15) is 4.79 Å². The molecule has 0 radical (unpaired) electrons. The van der Waals surface area contributed by atoms with Gasteiger partial charge in [0.15, 0.2) is 0 Å². The lowest BCUT2D eigenvalue weighted by Gasteiger charge is -2.44. The van der Waals surface area contributed by atoms with Crippen molar-refractivity contribution in [3.8, 4) is 51.7 Å². The molecule has 332 valence electrons. The Kier molecular flexibility index (Phi) is 17.7. The first-order chi connectivity index (χ1) is 27.4. The van der Waals surface area contributed by atoms with Gasteiger partial charge in [0, 0.05) is 53.6 Å². The van der Waals surface area contributed by atoms with Crippen LogP contribution in [0.5, 0.6) is 51.7 Å². The van der Waals surface area contributed by atoms with Gasteiger partial charge in [0.05, 0.1) is 54.9 Å². The minimum Gasteiger partial charge on any atom is -0.491 e. The summed E-state index contributed by atoms with van der Waals surface area (Å²) in [6.07, 6.45) is -2.60. The number of ether oxygens (including phenoxy) is 9. The molecule has 3 aromatic rings. The molecule has 0 bridgehead atoms. The monoisotopic (exact) mass is 844 g/mol. The third-order valence-electron chi connectivity index (χ3n) is 7.38. The zero-order valence-electron chi connectivity index (χ0n) is 39.1. The maximum atomic E-state index is 14.3. The van der Waals surface area contributed by atoms with Gasteiger partial charge in [-0.1, -0.05) is 0 Å². The third kappa shape index (κ3) is 13.6. The van der Waals surface area contributed by atoms with Crippen molar-refractivity contribution >= 4 is 16.3 Å². The Morgan fingerprint density at radius 2 is 0.508 bits per heavy atom. The molecule has 0 aromatic heterocycles. The molecule has 0 atom stereocenters. The second kappa shape index (κ2) is 21.3. The van der Waals surface area contributed by atoms with E-state index in [2.05, 4.69) is 0 Å². The molecule has 0 aliphatic rings. The van der Waals surface area contributed by atoms with Crippen molar-refractivity contribution in [3.05, 3.63) is 36.4 Å². The van der Waals surface area contributed by atoms with Crippen molar-refractivity contribution in [1.29, 1.82) is 0 Å². The largest absolute Gasteiger partial charge is 0.491 e. The summed E-state index contributed by atoms with van der Waals surface area (Å²) in [5.41, 5.74) is 0. The van der Waals surface area contributed by atoms with Crippen LogP contribution in [0.1, 0.15) is 132 Å². The lowest BCUT2D eigenvalue weighted by Crippen LogP contribution is -2.22. The van der Waals surface area contributed by atoms with Gasteiger partial charge in [-0.25, -0.2) is 0 Å². The third-order valence-corrected chi connectivity index (χ3v) is 10.8. The van der Waals surface area contributed by atoms with E-state index < -0.39 is 16.3 Å². The van der Waals surface area contributed by atoms with Crippen LogP contribution in [0.2, 0.25) is 0 Å². The quantitative estimate of drug-likeness (QED) is 0.0964. The molecule has 3 rings (SSSR count). The highest BCUT2D eigenvalue weighted by molar-refractivity contribution is 8.30. The molecular formula is C47H72O11S. The van der Waals surface area contributed by atoms with Crippen molar-refractivity contribution in [3.63, 3.8) is 0 Å². The van der Waals surface area contributed by atoms with Crippen molar-refractivity contribution in [2.45, 2.75) is 201 Å². The number of hydrogen-bond acceptors (Lipinski definition) is 11. The molecule has 0 N–H and O–H groups in total. The van der Waals surface area contributed by atoms with E-state index in [4.69, 9.17) is 46.8 Å². The molecule has 0 spiro atoms. The van der Waals surface area contributed by atoms with E-state index in [0.29, 0.717) is 66.4 Å². The summed E-state index contributed by atoms with van der Waals surface area (Å²) >= 11 is 0. The summed E-state index contributed by atoms with van der Waals surface area (Å²) in [6.45, 7) is 36.3. The molecule has 0 heterocycles. The van der Waals surface area contributed by atoms with Crippen LogP contribution in [-0.4, -0.2) is 60.9 Å². The molecule has 12 heteroatoms. The average molecular weight is 845 g/mol. The number of carbonyl (C=O) groups is 1. The van der Waals surface area contributed by atoms with E-state index in [1.807, 2.05) is 161 Å². The van der Waals surface area contributed by atoms with Crippen LogP contribution >= 0.6 is 10.3 Å². The first-order valence-corrected chi connectivity index (χ1v) is 22.6. The molecule has 59 heavy (non-hydrogen) atoms. The second-order valence-electron chi connectivity index (χ2n) is 16.9. The molecule has 0 saturated heterocycles. The van der Waals surface area contributed by atoms with Gasteiger partial charge in [-0.15, -0.1) is 0 Å². The Morgan fingerprint density at radius 3 is 0.644 bits per heavy atom. The van der Waals surface area contributed by atoms with E-state index in [-0.39, 0.29) is 54.9 Å². The van der Waals surface area contributed by atoms with Crippen LogP contribution < -0.4 is 42.6 Å². The fourth-order valence-electron chi connectivity index (χ4n) is 6.18. The van der Waals surface area contributed by atoms with Crippen LogP contribution in [0.15, 0.2) is 51.1 Å². The summed E-state index contributed by atoms with van der Waals surface area (Å²) in [5.74, 6) is 3.03. The van der Waals surface area contributed by atoms with Crippen molar-refractivity contribution in [2.75, 3.05) is 0 Å². The van der Waals surface area contributed by atoms with Gasteiger partial charge in [-0.05, 0) is 125 Å². The Labute approximate surface area is 356 Å². The standard InChI is InChI=1S/C47H72O11S/c1-26(2)49-36-20-39(52-29(7)8)45(40(21-36)53-30(9)10)59(58-35(19)48,46-41(54-31(11)12)22-37(50-27(3)4)23-42(46)55-32(13)14)47-43(56-33(15)16)24-38(51-28(5)6)25-44(47)57-34(17)18/h20-34H,1-19H3. The normalized spacial score (nSPS) is 12.3. The highest BCUT2D eigenvalue weighted by Gasteiger charge is 2.50. The predicted octanol–water partition coefficient (Wildman–Crippen LogP) is 12.5. The SMILES string of the molecule is CC(=O)OS(c1c(OC(C)C)cc(OC(C)C)cc1OC(C)C)(c1c(OC(C)C)cc(OC(C)C)cc1OC(C)C)c1c(OC(C)C)cc(OC(C)C)cc1OC(C)C. The molecule has 0 aliphatic heterocycles. The maximum Gasteiger partial charge on any atom is 0.313 e. The van der Waals surface area contributed by atoms with Gasteiger partial charge in [0.1, 0.15) is 66.4 Å². The van der Waals surface area contributed by atoms with Crippen molar-refractivity contribution in [2.24, 2.45) is 0 Å². The molecule has 0 saturated carbocycles. The first kappa shape index (κ1) is 49.0. The average Bonchev–Trinajstić information content (AvgIpc) is 3.01. The number of rotatable bonds is 22. The summed E-state index contributed by atoms with van der Waals surface area (Å²) in [6, 6.07) is 10.9. The van der Waals surface area contributed by atoms with Gasteiger partial charge in [-0.2, -0.15) is 0 Å². The van der Waals surface area contributed by atoms with Crippen LogP contribution in [-0.2, 0) is 8.98 Å². The number of carbonyl (C=O) groups excluding carboxylic acids is 1. The Bertz CT molecular complexity index is 1540. The molecule has 0 amide bonds. The molecular weight excluding hydrogens is 773 g/mol. The molecule has 3 aromatic carbocycles. The Morgan fingerprint density at radius 1 is 0.339 bits per heavy atom. The van der Waals surface area contributed by atoms with E-state index in [0.717, 1.165) is 0 Å². The van der Waals surface area contributed by atoms with E-state index >= 15 is 0 Å². The highest BCUT2D eigenvalue weighted by atomic mass is 32.3. The lowest BCUT2D eigenvalue weighted by molar-refractivity contribution is -0.131. The van der Waals surface area contributed by atoms with Crippen molar-refractivity contribution in [1.82, 2.24) is 0 Å². The van der Waals surface area contributed by atoms with E-state index in [1.165, 1.54) is 6.92 Å². The summed E-state index contributed by atoms with van der Waals surface area (Å²) in [4.78, 5) is 15.5. The van der Waals surface area contributed by atoms with E-state index in [1.54, 1.807) is 0 Å². The van der Waals surface area contributed by atoms with Crippen LogP contribution in [0, 0.1) is 0 Å². The van der Waals surface area contributed by atoms with Gasteiger partial charge >= 0.3 is 5.97 Å². The molecule has 0 unspecified atom stereocenters. The van der Waals surface area contributed by atoms with Crippen LogP contribution in [0.3, 0.4) is 0 Å². The Hall–Kier alpha value is -4.32. The van der Waals surface area contributed by atoms with Gasteiger partial charge in [-0.3, -0.25) is 4.79 Å². The minimum atomic E-state index is -3.59. The maximum absolute atomic E-state index is 14.3. The van der Waals surface area contributed by atoms with Gasteiger partial charge in [0.2, 0.25) is 0 Å². The highest BCUT2D eigenvalue weighted by Crippen LogP contribution is 2.81. The fourth-order valence-corrected chi connectivity index (χ4v) is 9.74. The van der Waals surface area contributed by atoms with Gasteiger partial charge in [0.25, 0.3) is 0 Å². The minimum absolute atomic E-state index is 0.179. The zero-order valence-corrected chi connectivity index (χ0v) is 39.9. The molecule has 11 nitrogen and oxygen atoms in total. The summed E-state index contributed by atoms with van der Waals surface area (Å²) < 4.78 is 67.0. The number of hydrogen-bond donors (Lipinski definition) is 0. The molecule has 0 aliphatic carbocycles. The van der Waals surface area contributed by atoms with Crippen molar-refractivity contribution < 1.29 is 51.6 Å². The Balaban J connectivity index is 3.05. The van der Waals surface area contributed by atoms with Gasteiger partial charge < -0.3 is 46.8 Å². The summed E-state index contributed by atoms with van der Waals surface area (Å²) in [7, 11) is -3.59. The van der Waals surface area contributed by atoms with Crippen LogP contribution in [0.25, 0.3) is 0 Å². The summed E-state index contributed by atoms with van der Waals surface area (Å²) in [5, 5.41) is 0. The topological polar surface area (TPSA) is 109 Å². The smallest absolute Gasteiger partial charge is 0.313 e. The van der Waals surface area contributed by atoms with Crippen LogP contribution in [0.4, 0.5) is 0 Å². The first-order valence-electron chi connectivity index (χ1n) is 21.0. The zero-order chi connectivity index (χ0) is 44.5. The number of benzene rings is 3.